The second-order valence-corrected chi connectivity index (χ2v) is 4.80. The molecule has 3 heteroatoms. The van der Waals surface area contributed by atoms with Gasteiger partial charge in [-0.2, -0.15) is 0 Å². The molecule has 86 valence electrons. The summed E-state index contributed by atoms with van der Waals surface area (Å²) in [6, 6.07) is 0. The first-order chi connectivity index (χ1) is 7.71. The van der Waals surface area contributed by atoms with E-state index in [4.69, 9.17) is 4.74 Å². The molecule has 0 amide bonds. The van der Waals surface area contributed by atoms with E-state index in [9.17, 15) is 10.2 Å². The van der Waals surface area contributed by atoms with Crippen LogP contribution in [-0.4, -0.2) is 22.3 Å². The van der Waals surface area contributed by atoms with Crippen LogP contribution in [-0.2, 0) is 4.74 Å². The molecule has 3 nitrogen and oxygen atoms in total. The highest BCUT2D eigenvalue weighted by molar-refractivity contribution is 5.20. The van der Waals surface area contributed by atoms with E-state index < -0.39 is 12.1 Å². The highest BCUT2D eigenvalue weighted by Crippen LogP contribution is 2.47. The van der Waals surface area contributed by atoms with Gasteiger partial charge in [0, 0.05) is 18.3 Å². The Morgan fingerprint density at radius 2 is 1.88 bits per heavy atom. The molecule has 0 aromatic carbocycles. The maximum absolute atomic E-state index is 10.4. The first kappa shape index (κ1) is 10.3. The third-order valence-corrected chi connectivity index (χ3v) is 3.89. The van der Waals surface area contributed by atoms with Crippen molar-refractivity contribution in [3.8, 4) is 0 Å². The van der Waals surface area contributed by atoms with Crippen LogP contribution >= 0.6 is 0 Å². The highest BCUT2D eigenvalue weighted by atomic mass is 16.7. The largest absolute Gasteiger partial charge is 0.367 e. The van der Waals surface area contributed by atoms with Crippen molar-refractivity contribution in [2.45, 2.75) is 24.9 Å². The minimum absolute atomic E-state index is 0.0261. The molecule has 16 heavy (non-hydrogen) atoms. The molecule has 5 unspecified atom stereocenters. The smallest absolute Gasteiger partial charge is 0.175 e. The van der Waals surface area contributed by atoms with E-state index in [2.05, 4.69) is 12.2 Å². The zero-order valence-electron chi connectivity index (χ0n) is 8.99. The van der Waals surface area contributed by atoms with Crippen molar-refractivity contribution in [1.82, 2.24) is 0 Å². The van der Waals surface area contributed by atoms with E-state index in [-0.39, 0.29) is 17.8 Å². The Kier molecular flexibility index (Phi) is 2.28. The molecule has 1 fully saturated rings. The van der Waals surface area contributed by atoms with E-state index in [0.717, 1.165) is 6.42 Å². The van der Waals surface area contributed by atoms with Crippen LogP contribution in [0.25, 0.3) is 0 Å². The monoisotopic (exact) mass is 220 g/mol. The lowest BCUT2D eigenvalue weighted by Crippen LogP contribution is -2.56. The third kappa shape index (κ3) is 1.39. The second kappa shape index (κ2) is 3.55. The molecule has 2 N–H and O–H groups in total. The summed E-state index contributed by atoms with van der Waals surface area (Å²) >= 11 is 0. The van der Waals surface area contributed by atoms with Gasteiger partial charge in [-0.1, -0.05) is 36.5 Å². The quantitative estimate of drug-likeness (QED) is 0.606. The number of ether oxygens (including phenoxy) is 1. The molecule has 0 saturated carbocycles. The fourth-order valence-corrected chi connectivity index (χ4v) is 3.04. The van der Waals surface area contributed by atoms with E-state index in [1.54, 1.807) is 0 Å². The molecule has 1 saturated heterocycles. The van der Waals surface area contributed by atoms with Gasteiger partial charge in [0.1, 0.15) is 0 Å². The van der Waals surface area contributed by atoms with Gasteiger partial charge >= 0.3 is 0 Å². The van der Waals surface area contributed by atoms with Gasteiger partial charge in [0.2, 0.25) is 0 Å². The lowest BCUT2D eigenvalue weighted by atomic mass is 9.69. The number of hydrogen-bond acceptors (Lipinski definition) is 3. The Bertz CT molecular complexity index is 371. The molecule has 0 bridgehead atoms. The van der Waals surface area contributed by atoms with Crippen molar-refractivity contribution in [2.75, 3.05) is 0 Å². The maximum atomic E-state index is 10.4. The molecular formula is C13H16O3. The summed E-state index contributed by atoms with van der Waals surface area (Å²) in [4.78, 5) is 0. The average molecular weight is 220 g/mol. The molecule has 3 rings (SSSR count). The van der Waals surface area contributed by atoms with Gasteiger partial charge in [0.05, 0.1) is 0 Å². The zero-order valence-corrected chi connectivity index (χ0v) is 8.99. The van der Waals surface area contributed by atoms with Crippen molar-refractivity contribution < 1.29 is 14.9 Å². The Balaban J connectivity index is 1.97. The van der Waals surface area contributed by atoms with Gasteiger partial charge in [0.25, 0.3) is 0 Å². The van der Waals surface area contributed by atoms with Gasteiger partial charge in [-0.05, 0) is 12.3 Å². The van der Waals surface area contributed by atoms with Gasteiger partial charge in [-0.15, -0.1) is 0 Å². The Labute approximate surface area is 94.7 Å². The number of fused-ring (bicyclic) bond motifs is 3. The summed E-state index contributed by atoms with van der Waals surface area (Å²) in [5.74, 6) is -0.997. The van der Waals surface area contributed by atoms with Crippen LogP contribution in [0, 0.1) is 17.8 Å². The van der Waals surface area contributed by atoms with Gasteiger partial charge in [-0.25, -0.2) is 0 Å². The Morgan fingerprint density at radius 1 is 1.12 bits per heavy atom. The third-order valence-electron chi connectivity index (χ3n) is 3.89. The lowest BCUT2D eigenvalue weighted by Gasteiger charge is -2.50. The van der Waals surface area contributed by atoms with Crippen LogP contribution < -0.4 is 0 Å². The molecule has 0 aromatic heterocycles. The zero-order chi connectivity index (χ0) is 11.2. The van der Waals surface area contributed by atoms with E-state index in [1.807, 2.05) is 24.3 Å². The first-order valence-electron chi connectivity index (χ1n) is 5.79. The Hall–Kier alpha value is -0.900. The van der Waals surface area contributed by atoms with Crippen LogP contribution in [0.4, 0.5) is 0 Å². The summed E-state index contributed by atoms with van der Waals surface area (Å²) in [5.41, 5.74) is 0. The standard InChI is InChI=1S/C13H16O3/c14-12-10-6-2-1-5-9(10)11-7-3-4-8-13(11,15)16-12/h1-6,9-12,14-15H,7-8H2. The minimum atomic E-state index is -1.19. The van der Waals surface area contributed by atoms with Crippen LogP contribution in [0.5, 0.6) is 0 Å². The molecule has 1 heterocycles. The minimum Gasteiger partial charge on any atom is -0.367 e. The summed E-state index contributed by atoms with van der Waals surface area (Å²) < 4.78 is 5.42. The topological polar surface area (TPSA) is 49.7 Å². The SMILES string of the molecule is OC1OC2(O)CC=CCC2C2C=CC=CC12. The lowest BCUT2D eigenvalue weighted by molar-refractivity contribution is -0.347. The summed E-state index contributed by atoms with van der Waals surface area (Å²) in [5, 5.41) is 20.3. The van der Waals surface area contributed by atoms with Gasteiger partial charge in [-0.3, -0.25) is 0 Å². The molecular weight excluding hydrogens is 204 g/mol. The fraction of sp³-hybridized carbons (Fsp3) is 0.538. The average Bonchev–Trinajstić information content (AvgIpc) is 2.28. The van der Waals surface area contributed by atoms with Crippen LogP contribution in [0.2, 0.25) is 0 Å². The summed E-state index contributed by atoms with van der Waals surface area (Å²) in [7, 11) is 0. The summed E-state index contributed by atoms with van der Waals surface area (Å²) in [6.07, 6.45) is 12.3. The fourth-order valence-electron chi connectivity index (χ4n) is 3.04. The molecule has 0 radical (unpaired) electrons. The number of aliphatic hydroxyl groups is 2. The van der Waals surface area contributed by atoms with Gasteiger partial charge in [0.15, 0.2) is 12.1 Å². The predicted octanol–water partition coefficient (Wildman–Crippen LogP) is 1.35. The van der Waals surface area contributed by atoms with Gasteiger partial charge < -0.3 is 14.9 Å². The van der Waals surface area contributed by atoms with Crippen molar-refractivity contribution >= 4 is 0 Å². The molecule has 5 atom stereocenters. The maximum Gasteiger partial charge on any atom is 0.175 e. The highest BCUT2D eigenvalue weighted by Gasteiger charge is 2.51. The molecule has 0 aromatic rings. The van der Waals surface area contributed by atoms with Crippen molar-refractivity contribution in [3.05, 3.63) is 36.5 Å². The van der Waals surface area contributed by atoms with Crippen molar-refractivity contribution in [2.24, 2.45) is 17.8 Å². The molecule has 3 aliphatic rings. The predicted molar refractivity (Wildman–Crippen MR) is 59.2 cm³/mol. The molecule has 0 spiro atoms. The number of allylic oxidation sites excluding steroid dienone is 4. The Morgan fingerprint density at radius 3 is 2.69 bits per heavy atom. The number of hydrogen-bond donors (Lipinski definition) is 2. The second-order valence-electron chi connectivity index (χ2n) is 4.80. The van der Waals surface area contributed by atoms with Crippen LogP contribution in [0.3, 0.4) is 0 Å². The molecule has 1 aliphatic heterocycles. The molecule has 2 aliphatic carbocycles. The van der Waals surface area contributed by atoms with Crippen molar-refractivity contribution in [3.63, 3.8) is 0 Å². The number of rotatable bonds is 0. The normalized spacial score (nSPS) is 49.9. The summed E-state index contributed by atoms with van der Waals surface area (Å²) in [6.45, 7) is 0. The first-order valence-corrected chi connectivity index (χ1v) is 5.79. The van der Waals surface area contributed by atoms with E-state index >= 15 is 0 Å². The van der Waals surface area contributed by atoms with Crippen molar-refractivity contribution in [1.29, 1.82) is 0 Å². The van der Waals surface area contributed by atoms with Crippen LogP contribution in [0.1, 0.15) is 12.8 Å². The van der Waals surface area contributed by atoms with E-state index in [1.165, 1.54) is 0 Å². The number of aliphatic hydroxyl groups excluding tert-OH is 1. The van der Waals surface area contributed by atoms with E-state index in [0.29, 0.717) is 6.42 Å². The van der Waals surface area contributed by atoms with Crippen LogP contribution in [0.15, 0.2) is 36.5 Å².